The number of amides is 1. The fraction of sp³-hybridized carbons (Fsp3) is 0.190. The summed E-state index contributed by atoms with van der Waals surface area (Å²) < 4.78 is 5.59. The van der Waals surface area contributed by atoms with Crippen molar-refractivity contribution in [2.24, 2.45) is 0 Å². The quantitative estimate of drug-likeness (QED) is 0.722. The van der Waals surface area contributed by atoms with Gasteiger partial charge in [0.15, 0.2) is 6.61 Å². The zero-order valence-electron chi connectivity index (χ0n) is 15.4. The Morgan fingerprint density at radius 2 is 2.07 bits per heavy atom. The molecule has 4 rings (SSSR count). The van der Waals surface area contributed by atoms with Crippen LogP contribution < -0.4 is 9.64 Å². The SMILES string of the molecule is Cc1nc(-c2ccc3c(c2)N(Cc2cccc(C(=O)O)c2)C(=O)CO3)c(C)s1. The average Bonchev–Trinajstić information content (AvgIpc) is 3.02. The van der Waals surface area contributed by atoms with Crippen molar-refractivity contribution in [3.8, 4) is 17.0 Å². The van der Waals surface area contributed by atoms with E-state index in [0.29, 0.717) is 11.4 Å². The van der Waals surface area contributed by atoms with Crippen LogP contribution >= 0.6 is 11.3 Å². The lowest BCUT2D eigenvalue weighted by Gasteiger charge is -2.30. The number of carbonyl (C=O) groups excluding carboxylic acids is 1. The second kappa shape index (κ2) is 7.09. The van der Waals surface area contributed by atoms with Gasteiger partial charge in [-0.25, -0.2) is 9.78 Å². The summed E-state index contributed by atoms with van der Waals surface area (Å²) in [6, 6.07) is 12.3. The van der Waals surface area contributed by atoms with Gasteiger partial charge in [0.05, 0.1) is 28.5 Å². The molecule has 0 spiro atoms. The molecule has 0 atom stereocenters. The van der Waals surface area contributed by atoms with E-state index in [4.69, 9.17) is 4.74 Å². The Morgan fingerprint density at radius 3 is 2.79 bits per heavy atom. The van der Waals surface area contributed by atoms with Crippen LogP contribution in [-0.4, -0.2) is 28.6 Å². The van der Waals surface area contributed by atoms with Gasteiger partial charge in [0.2, 0.25) is 0 Å². The molecule has 0 unspecified atom stereocenters. The Balaban J connectivity index is 1.73. The van der Waals surface area contributed by atoms with E-state index >= 15 is 0 Å². The Bertz CT molecular complexity index is 1090. The number of aryl methyl sites for hydroxylation is 2. The monoisotopic (exact) mass is 394 g/mol. The fourth-order valence-electron chi connectivity index (χ4n) is 3.30. The first-order chi connectivity index (χ1) is 13.4. The molecule has 6 nitrogen and oxygen atoms in total. The van der Waals surface area contributed by atoms with E-state index in [9.17, 15) is 14.7 Å². The minimum atomic E-state index is -0.993. The van der Waals surface area contributed by atoms with Gasteiger partial charge in [0, 0.05) is 10.4 Å². The van der Waals surface area contributed by atoms with E-state index in [1.165, 1.54) is 6.07 Å². The van der Waals surface area contributed by atoms with Crippen LogP contribution in [0, 0.1) is 13.8 Å². The predicted octanol–water partition coefficient (Wildman–Crippen LogP) is 4.05. The van der Waals surface area contributed by atoms with Gasteiger partial charge in [0.25, 0.3) is 5.91 Å². The molecular weight excluding hydrogens is 376 g/mol. The molecular formula is C21H18N2O4S. The highest BCUT2D eigenvalue weighted by atomic mass is 32.1. The maximum Gasteiger partial charge on any atom is 0.335 e. The molecule has 0 radical (unpaired) electrons. The standard InChI is InChI=1S/C21H18N2O4S/c1-12-20(22-13(2)28-12)15-6-7-18-17(9-15)23(19(24)11-27-18)10-14-4-3-5-16(8-14)21(25)26/h3-9H,10-11H2,1-2H3,(H,25,26). The van der Waals surface area contributed by atoms with Gasteiger partial charge in [-0.1, -0.05) is 12.1 Å². The topological polar surface area (TPSA) is 79.7 Å². The molecule has 2 heterocycles. The number of aromatic nitrogens is 1. The number of carboxylic acid groups (broad SMARTS) is 1. The third kappa shape index (κ3) is 3.36. The van der Waals surface area contributed by atoms with Crippen LogP contribution in [-0.2, 0) is 11.3 Å². The Hall–Kier alpha value is -3.19. The van der Waals surface area contributed by atoms with Crippen molar-refractivity contribution in [2.45, 2.75) is 20.4 Å². The normalized spacial score (nSPS) is 13.2. The summed E-state index contributed by atoms with van der Waals surface area (Å²) >= 11 is 1.63. The molecule has 0 fully saturated rings. The minimum absolute atomic E-state index is 0.0419. The van der Waals surface area contributed by atoms with Crippen LogP contribution in [0.5, 0.6) is 5.75 Å². The molecule has 3 aromatic rings. The lowest BCUT2D eigenvalue weighted by molar-refractivity contribution is -0.121. The van der Waals surface area contributed by atoms with E-state index in [1.54, 1.807) is 28.4 Å². The van der Waals surface area contributed by atoms with E-state index in [2.05, 4.69) is 4.98 Å². The number of anilines is 1. The molecule has 0 bridgehead atoms. The lowest BCUT2D eigenvalue weighted by Crippen LogP contribution is -2.38. The van der Waals surface area contributed by atoms with Crippen molar-refractivity contribution in [1.29, 1.82) is 0 Å². The first-order valence-electron chi connectivity index (χ1n) is 8.76. The average molecular weight is 394 g/mol. The summed E-state index contributed by atoms with van der Waals surface area (Å²) in [5.41, 5.74) is 3.42. The summed E-state index contributed by atoms with van der Waals surface area (Å²) in [5.74, 6) is -0.536. The van der Waals surface area contributed by atoms with Gasteiger partial charge in [-0.2, -0.15) is 0 Å². The minimum Gasteiger partial charge on any atom is -0.482 e. The molecule has 0 saturated carbocycles. The van der Waals surface area contributed by atoms with E-state index < -0.39 is 5.97 Å². The van der Waals surface area contributed by atoms with Gasteiger partial charge in [0.1, 0.15) is 5.75 Å². The van der Waals surface area contributed by atoms with E-state index in [0.717, 1.165) is 26.7 Å². The molecule has 142 valence electrons. The van der Waals surface area contributed by atoms with E-state index in [1.807, 2.05) is 38.1 Å². The molecule has 2 aromatic carbocycles. The number of ether oxygens (including phenoxy) is 1. The number of aromatic carboxylic acids is 1. The molecule has 7 heteroatoms. The molecule has 28 heavy (non-hydrogen) atoms. The second-order valence-electron chi connectivity index (χ2n) is 6.59. The summed E-state index contributed by atoms with van der Waals surface area (Å²) in [5, 5.41) is 10.2. The third-order valence-corrected chi connectivity index (χ3v) is 5.48. The largest absolute Gasteiger partial charge is 0.482 e. The summed E-state index contributed by atoms with van der Waals surface area (Å²) in [7, 11) is 0. The molecule has 1 aliphatic rings. The zero-order valence-corrected chi connectivity index (χ0v) is 16.2. The van der Waals surface area contributed by atoms with Crippen LogP contribution in [0.3, 0.4) is 0 Å². The van der Waals surface area contributed by atoms with Crippen LogP contribution in [0.15, 0.2) is 42.5 Å². The van der Waals surface area contributed by atoms with Crippen LogP contribution in [0.1, 0.15) is 25.8 Å². The van der Waals surface area contributed by atoms with Crippen LogP contribution in [0.2, 0.25) is 0 Å². The first-order valence-corrected chi connectivity index (χ1v) is 9.58. The van der Waals surface area contributed by atoms with Gasteiger partial charge in [-0.3, -0.25) is 4.79 Å². The number of thiazole rings is 1. The summed E-state index contributed by atoms with van der Waals surface area (Å²) in [6.45, 7) is 4.22. The maximum absolute atomic E-state index is 12.6. The maximum atomic E-state index is 12.6. The molecule has 0 aliphatic carbocycles. The van der Waals surface area contributed by atoms with Crippen LogP contribution in [0.4, 0.5) is 5.69 Å². The smallest absolute Gasteiger partial charge is 0.335 e. The number of hydrogen-bond donors (Lipinski definition) is 1. The zero-order chi connectivity index (χ0) is 19.8. The predicted molar refractivity (Wildman–Crippen MR) is 107 cm³/mol. The highest BCUT2D eigenvalue weighted by Crippen LogP contribution is 2.38. The van der Waals surface area contributed by atoms with Gasteiger partial charge in [-0.15, -0.1) is 11.3 Å². The highest BCUT2D eigenvalue weighted by molar-refractivity contribution is 7.11. The Morgan fingerprint density at radius 1 is 1.25 bits per heavy atom. The number of carbonyl (C=O) groups is 2. The third-order valence-electron chi connectivity index (χ3n) is 4.59. The molecule has 1 aromatic heterocycles. The van der Waals surface area contributed by atoms with Crippen molar-refractivity contribution >= 4 is 28.9 Å². The number of nitrogens with zero attached hydrogens (tertiary/aromatic N) is 2. The van der Waals surface area contributed by atoms with E-state index in [-0.39, 0.29) is 24.6 Å². The molecule has 1 N–H and O–H groups in total. The highest BCUT2D eigenvalue weighted by Gasteiger charge is 2.27. The Labute approximate surface area is 166 Å². The van der Waals surface area contributed by atoms with Gasteiger partial charge in [-0.05, 0) is 49.7 Å². The number of hydrogen-bond acceptors (Lipinski definition) is 5. The molecule has 1 amide bonds. The van der Waals surface area contributed by atoms with Crippen molar-refractivity contribution in [1.82, 2.24) is 4.98 Å². The van der Waals surface area contributed by atoms with Gasteiger partial charge >= 0.3 is 5.97 Å². The number of rotatable bonds is 4. The lowest BCUT2D eigenvalue weighted by atomic mass is 10.1. The fourth-order valence-corrected chi connectivity index (χ4v) is 4.14. The molecule has 0 saturated heterocycles. The van der Waals surface area contributed by atoms with Crippen molar-refractivity contribution in [2.75, 3.05) is 11.5 Å². The number of benzene rings is 2. The summed E-state index contributed by atoms with van der Waals surface area (Å²) in [6.07, 6.45) is 0. The number of fused-ring (bicyclic) bond motifs is 1. The van der Waals surface area contributed by atoms with Crippen molar-refractivity contribution in [3.63, 3.8) is 0 Å². The molecule has 1 aliphatic heterocycles. The summed E-state index contributed by atoms with van der Waals surface area (Å²) in [4.78, 5) is 31.2. The van der Waals surface area contributed by atoms with Crippen molar-refractivity contribution < 1.29 is 19.4 Å². The first kappa shape index (κ1) is 18.2. The van der Waals surface area contributed by atoms with Crippen LogP contribution in [0.25, 0.3) is 11.3 Å². The van der Waals surface area contributed by atoms with Crippen molar-refractivity contribution in [3.05, 3.63) is 63.5 Å². The number of carboxylic acids is 1. The van der Waals surface area contributed by atoms with Gasteiger partial charge < -0.3 is 14.7 Å². The second-order valence-corrected chi connectivity index (χ2v) is 8.00. The Kier molecular flexibility index (Phi) is 4.60.